The summed E-state index contributed by atoms with van der Waals surface area (Å²) in [6.45, 7) is 62.6. The van der Waals surface area contributed by atoms with Crippen molar-refractivity contribution in [2.45, 2.75) is 362 Å². The summed E-state index contributed by atoms with van der Waals surface area (Å²) in [4.78, 5) is 34.1. The minimum atomic E-state index is -0.445. The number of hydrogen-bond donors (Lipinski definition) is 5. The zero-order valence-corrected chi connectivity index (χ0v) is 86.9. The van der Waals surface area contributed by atoms with Crippen molar-refractivity contribution >= 4 is 46.3 Å². The van der Waals surface area contributed by atoms with Crippen molar-refractivity contribution in [1.29, 1.82) is 0 Å². The fraction of sp³-hybridized carbons (Fsp3) is 0.484. The molecule has 11 nitrogen and oxygen atoms in total. The molecule has 6 aliphatic carbocycles. The van der Waals surface area contributed by atoms with E-state index in [1.165, 1.54) is 205 Å². The number of carbonyl (C=O) groups is 3. The van der Waals surface area contributed by atoms with Crippen LogP contribution in [0, 0.1) is 33.5 Å². The number of anilines is 5. The molecule has 6 aliphatic rings. The van der Waals surface area contributed by atoms with Crippen LogP contribution in [0.5, 0.6) is 0 Å². The number of nitrogens with one attached hydrogen (secondary N) is 5. The van der Waals surface area contributed by atoms with E-state index in [0.29, 0.717) is 41.5 Å². The monoisotopic (exact) mass is 1810 g/mol. The Balaban J connectivity index is 0.000000151. The van der Waals surface area contributed by atoms with Crippen LogP contribution in [0.25, 0.3) is 0 Å². The molecular weight excluding hydrogens is 1650 g/mol. The Kier molecular flexibility index (Phi) is 31.2. The lowest BCUT2D eigenvalue weighted by Gasteiger charge is -2.42. The SMILES string of the molecule is COC(=O)Cc1ccc(NCc2cc3c(cc2C)C(C)(C)CCC3(C)C)cc1.COC(=O)Cc1ccc(NCc2ccc3c(c2)C(C)(C)CCC3(C)C)cc1.COC(=O)Cc1ccc(NCc2ccc3c(c2)C(C)(C)CCC3(C)C)cc1F.Cc1cc2c(cc1CNc1ccc(C3(C)CC3)cc1)C(C)(C)CCC2(C)C.Cc1ccc(NCc2cc3c(cc2C)C(C)(C)CCC3(C)C)cc1. The number of esters is 3. The number of benzene rings is 10. The quantitative estimate of drug-likeness (QED) is 0.0327. The predicted molar refractivity (Wildman–Crippen MR) is 560 cm³/mol. The summed E-state index contributed by atoms with van der Waals surface area (Å²) in [7, 11) is 4.14. The molecule has 0 heterocycles. The molecule has 134 heavy (non-hydrogen) atoms. The summed E-state index contributed by atoms with van der Waals surface area (Å²) in [5, 5.41) is 17.6. The van der Waals surface area contributed by atoms with Crippen LogP contribution in [-0.4, -0.2) is 39.2 Å². The second kappa shape index (κ2) is 40.8. The fourth-order valence-electron chi connectivity index (χ4n) is 20.5. The van der Waals surface area contributed by atoms with Gasteiger partial charge >= 0.3 is 17.9 Å². The molecule has 1 saturated carbocycles. The summed E-state index contributed by atoms with van der Waals surface area (Å²) in [6.07, 6.45) is 15.6. The van der Waals surface area contributed by atoms with E-state index in [1.807, 2.05) is 48.5 Å². The summed E-state index contributed by atoms with van der Waals surface area (Å²) < 4.78 is 28.3. The highest BCUT2D eigenvalue weighted by atomic mass is 19.1. The molecule has 16 rings (SSSR count). The molecule has 0 bridgehead atoms. The van der Waals surface area contributed by atoms with Crippen LogP contribution in [0.15, 0.2) is 188 Å². The highest BCUT2D eigenvalue weighted by Gasteiger charge is 2.44. The Morgan fingerprint density at radius 1 is 0.254 bits per heavy atom. The van der Waals surface area contributed by atoms with E-state index in [-0.39, 0.29) is 67.1 Å². The van der Waals surface area contributed by atoms with Crippen molar-refractivity contribution in [2.75, 3.05) is 47.9 Å². The number of halogens is 1. The molecule has 0 atom stereocenters. The van der Waals surface area contributed by atoms with Gasteiger partial charge in [0, 0.05) is 61.2 Å². The molecule has 716 valence electrons. The third-order valence-electron chi connectivity index (χ3n) is 31.5. The highest BCUT2D eigenvalue weighted by molar-refractivity contribution is 5.74. The lowest BCUT2D eigenvalue weighted by atomic mass is 9.62. The molecule has 0 aliphatic heterocycles. The molecule has 0 spiro atoms. The second-order valence-electron chi connectivity index (χ2n) is 46.8. The van der Waals surface area contributed by atoms with E-state index < -0.39 is 11.8 Å². The first-order valence-corrected chi connectivity index (χ1v) is 49.5. The Morgan fingerprint density at radius 2 is 0.500 bits per heavy atom. The molecule has 12 heteroatoms. The first-order chi connectivity index (χ1) is 62.7. The smallest absolute Gasteiger partial charge is 0.310 e. The minimum absolute atomic E-state index is 0.0572. The number of aryl methyl sites for hydroxylation is 4. The van der Waals surface area contributed by atoms with Crippen LogP contribution in [0.4, 0.5) is 32.8 Å². The van der Waals surface area contributed by atoms with E-state index in [1.54, 1.807) is 34.4 Å². The molecule has 0 aromatic heterocycles. The maximum absolute atomic E-state index is 14.2. The molecule has 0 amide bonds. The summed E-state index contributed by atoms with van der Waals surface area (Å²) in [6, 6.07) is 67.0. The molecule has 10 aromatic carbocycles. The van der Waals surface area contributed by atoms with Gasteiger partial charge in [-0.3, -0.25) is 14.4 Å². The normalized spacial score (nSPS) is 18.1. The van der Waals surface area contributed by atoms with Crippen molar-refractivity contribution in [3.05, 3.63) is 322 Å². The lowest BCUT2D eigenvalue weighted by molar-refractivity contribution is -0.140. The van der Waals surface area contributed by atoms with Gasteiger partial charge in [-0.25, -0.2) is 4.39 Å². The van der Waals surface area contributed by atoms with Gasteiger partial charge in [0.1, 0.15) is 5.82 Å². The van der Waals surface area contributed by atoms with E-state index in [9.17, 15) is 18.8 Å². The van der Waals surface area contributed by atoms with Gasteiger partial charge in [0.15, 0.2) is 0 Å². The van der Waals surface area contributed by atoms with Crippen LogP contribution >= 0.6 is 0 Å². The Labute approximate surface area is 805 Å². The van der Waals surface area contributed by atoms with E-state index in [2.05, 4.69) is 326 Å². The zero-order valence-electron chi connectivity index (χ0n) is 86.9. The Hall–Kier alpha value is -10.5. The molecule has 0 saturated heterocycles. The van der Waals surface area contributed by atoms with Gasteiger partial charge in [0.25, 0.3) is 0 Å². The molecule has 10 aromatic rings. The van der Waals surface area contributed by atoms with Crippen LogP contribution in [0.3, 0.4) is 0 Å². The van der Waals surface area contributed by atoms with Crippen LogP contribution in [0.1, 0.15) is 350 Å². The van der Waals surface area contributed by atoms with Crippen molar-refractivity contribution in [2.24, 2.45) is 0 Å². The maximum Gasteiger partial charge on any atom is 0.310 e. The van der Waals surface area contributed by atoms with Crippen molar-refractivity contribution in [1.82, 2.24) is 0 Å². The van der Waals surface area contributed by atoms with Crippen LogP contribution < -0.4 is 26.6 Å². The number of carbonyl (C=O) groups excluding carboxylic acids is 3. The van der Waals surface area contributed by atoms with Crippen molar-refractivity contribution in [3.8, 4) is 0 Å². The third kappa shape index (κ3) is 25.0. The molecule has 0 unspecified atom stereocenters. The Bertz CT molecular complexity index is 5810. The van der Waals surface area contributed by atoms with Crippen LogP contribution in [-0.2, 0) is 140 Å². The average molecular weight is 1810 g/mol. The fourth-order valence-corrected chi connectivity index (χ4v) is 20.5. The average Bonchev–Trinajstić information content (AvgIpc) is 1.33. The van der Waals surface area contributed by atoms with Gasteiger partial charge in [0.2, 0.25) is 0 Å². The summed E-state index contributed by atoms with van der Waals surface area (Å²) in [5.74, 6) is -1.27. The molecule has 5 N–H and O–H groups in total. The van der Waals surface area contributed by atoms with E-state index >= 15 is 0 Å². The standard InChI is InChI=1S/C26H35N.C25H33NO2.C24H30FNO2.C24H31NO2.C23H31N/c1-18-15-22-23(25(4,5)12-11-24(22,2)3)16-19(18)17-27-21-9-7-20(8-10-21)26(6)13-14-26;1-17-13-21-22(25(4,5)12-11-24(21,2)3)15-19(17)16-26-20-9-7-18(8-10-20)14-23(27)28-6;1-23(2)10-11-24(3,4)20-12-16(6-9-19(20)23)15-26-18-8-7-17(21(25)14-18)13-22(27)28-5;1-23(2)12-13-24(3,4)21-14-18(8-11-20(21)23)16-25-19-9-6-17(7-10-19)15-22(26)27-5;1-16-7-9-19(10-8-16)24-15-18-14-21-20(13-17(18)2)22(3,4)11-12-23(21,5)6/h7-10,15-16,27H,11-14,17H2,1-6H3;7-10,13,15,26H,11-12,14,16H2,1-6H3;6-9,12,14,26H,10-11,13,15H2,1-5H3;6-11,14,25H,12-13,15-16H2,1-5H3;7-10,13-14,24H,11-12,15H2,1-6H3. The predicted octanol–water partition coefficient (Wildman–Crippen LogP) is 29.8. The third-order valence-corrected chi connectivity index (χ3v) is 31.5. The van der Waals surface area contributed by atoms with Gasteiger partial charge in [-0.05, 0) is 347 Å². The topological polar surface area (TPSA) is 139 Å². The highest BCUT2D eigenvalue weighted by Crippen LogP contribution is 2.53. The maximum atomic E-state index is 14.2. The minimum Gasteiger partial charge on any atom is -0.469 e. The number of methoxy groups -OCH3 is 3. The number of ether oxygens (including phenoxy) is 3. The number of hydrogen-bond acceptors (Lipinski definition) is 11. The molecule has 1 fully saturated rings. The lowest BCUT2D eigenvalue weighted by Crippen LogP contribution is -2.34. The number of fused-ring (bicyclic) bond motifs is 5. The van der Waals surface area contributed by atoms with Gasteiger partial charge < -0.3 is 40.8 Å². The second-order valence-corrected chi connectivity index (χ2v) is 46.8. The molecular formula is C122H160FN5O6. The largest absolute Gasteiger partial charge is 0.469 e. The zero-order chi connectivity index (χ0) is 97.7. The first-order valence-electron chi connectivity index (χ1n) is 49.5. The van der Waals surface area contributed by atoms with Crippen molar-refractivity contribution < 1.29 is 33.0 Å². The summed E-state index contributed by atoms with van der Waals surface area (Å²) in [5.41, 5.74) is 39.1. The van der Waals surface area contributed by atoms with E-state index in [4.69, 9.17) is 9.47 Å². The Morgan fingerprint density at radius 3 is 0.799 bits per heavy atom. The number of rotatable bonds is 22. The van der Waals surface area contributed by atoms with Gasteiger partial charge in [-0.1, -0.05) is 278 Å². The van der Waals surface area contributed by atoms with Gasteiger partial charge in [-0.2, -0.15) is 0 Å². The summed E-state index contributed by atoms with van der Waals surface area (Å²) >= 11 is 0. The molecule has 0 radical (unpaired) electrons. The van der Waals surface area contributed by atoms with Gasteiger partial charge in [0.05, 0.1) is 40.6 Å². The first kappa shape index (κ1) is 102. The van der Waals surface area contributed by atoms with Gasteiger partial charge in [-0.15, -0.1) is 0 Å². The van der Waals surface area contributed by atoms with Crippen molar-refractivity contribution in [3.63, 3.8) is 0 Å². The van der Waals surface area contributed by atoms with Crippen LogP contribution in [0.2, 0.25) is 0 Å². The van der Waals surface area contributed by atoms with E-state index in [0.717, 1.165) is 48.7 Å².